The van der Waals surface area contributed by atoms with Gasteiger partial charge in [-0.1, -0.05) is 31.2 Å². The van der Waals surface area contributed by atoms with Crippen molar-refractivity contribution in [3.8, 4) is 0 Å². The number of hydrogen-bond acceptors (Lipinski definition) is 4. The molecule has 2 aliphatic heterocycles. The zero-order chi connectivity index (χ0) is 20.8. The summed E-state index contributed by atoms with van der Waals surface area (Å²) in [7, 11) is 0. The number of nitrogens with one attached hydrogen (secondary N) is 1. The Balaban J connectivity index is 1.25. The minimum Gasteiger partial charge on any atom is -0.378 e. The van der Waals surface area contributed by atoms with Crippen LogP contribution in [0.2, 0.25) is 0 Å². The summed E-state index contributed by atoms with van der Waals surface area (Å²) in [6.07, 6.45) is 2.57. The van der Waals surface area contributed by atoms with Crippen LogP contribution in [0.5, 0.6) is 0 Å². The monoisotopic (exact) mass is 407 g/mol. The lowest BCUT2D eigenvalue weighted by molar-refractivity contribution is 0.0951. The van der Waals surface area contributed by atoms with E-state index in [-0.39, 0.29) is 5.91 Å². The van der Waals surface area contributed by atoms with Gasteiger partial charge in [0.2, 0.25) is 0 Å². The van der Waals surface area contributed by atoms with Crippen LogP contribution < -0.4 is 10.2 Å². The number of piperidine rings is 1. The maximum Gasteiger partial charge on any atom is 0.251 e. The third kappa shape index (κ3) is 5.61. The van der Waals surface area contributed by atoms with Gasteiger partial charge in [0.05, 0.1) is 13.2 Å². The summed E-state index contributed by atoms with van der Waals surface area (Å²) < 4.78 is 5.41. The van der Waals surface area contributed by atoms with Gasteiger partial charge < -0.3 is 15.0 Å². The number of hydrogen-bond donors (Lipinski definition) is 1. The third-order valence-corrected chi connectivity index (χ3v) is 6.26. The quantitative estimate of drug-likeness (QED) is 0.793. The van der Waals surface area contributed by atoms with Gasteiger partial charge in [0.15, 0.2) is 0 Å². The largest absolute Gasteiger partial charge is 0.378 e. The average molecular weight is 408 g/mol. The van der Waals surface area contributed by atoms with Crippen LogP contribution >= 0.6 is 0 Å². The fourth-order valence-corrected chi connectivity index (χ4v) is 4.17. The Morgan fingerprint density at radius 3 is 2.23 bits per heavy atom. The Morgan fingerprint density at radius 2 is 1.57 bits per heavy atom. The van der Waals surface area contributed by atoms with E-state index in [2.05, 4.69) is 58.4 Å². The van der Waals surface area contributed by atoms with Crippen molar-refractivity contribution in [1.82, 2.24) is 10.2 Å². The van der Waals surface area contributed by atoms with Gasteiger partial charge >= 0.3 is 0 Å². The van der Waals surface area contributed by atoms with Crippen LogP contribution in [-0.4, -0.2) is 50.2 Å². The minimum atomic E-state index is -0.0226. The Kier molecular flexibility index (Phi) is 7.03. The first-order valence-electron chi connectivity index (χ1n) is 11.2. The molecule has 0 radical (unpaired) electrons. The lowest BCUT2D eigenvalue weighted by Crippen LogP contribution is -2.36. The molecule has 0 aromatic heterocycles. The van der Waals surface area contributed by atoms with Crippen molar-refractivity contribution in [1.29, 1.82) is 0 Å². The highest BCUT2D eigenvalue weighted by molar-refractivity contribution is 5.94. The van der Waals surface area contributed by atoms with Gasteiger partial charge in [-0.15, -0.1) is 0 Å². The second kappa shape index (κ2) is 10.1. The molecule has 0 spiro atoms. The molecular formula is C25H33N3O2. The summed E-state index contributed by atoms with van der Waals surface area (Å²) in [6, 6.07) is 16.5. The number of amides is 1. The molecular weight excluding hydrogens is 374 g/mol. The van der Waals surface area contributed by atoms with Crippen molar-refractivity contribution in [3.63, 3.8) is 0 Å². The molecule has 30 heavy (non-hydrogen) atoms. The Bertz CT molecular complexity index is 805. The fraction of sp³-hybridized carbons (Fsp3) is 0.480. The van der Waals surface area contributed by atoms with E-state index < -0.39 is 0 Å². The lowest BCUT2D eigenvalue weighted by Gasteiger charge is -2.30. The highest BCUT2D eigenvalue weighted by Gasteiger charge is 2.16. The zero-order valence-corrected chi connectivity index (χ0v) is 18.0. The first kappa shape index (κ1) is 20.9. The van der Waals surface area contributed by atoms with E-state index in [1.54, 1.807) is 0 Å². The molecule has 160 valence electrons. The molecule has 0 unspecified atom stereocenters. The van der Waals surface area contributed by atoms with Crippen LogP contribution in [-0.2, 0) is 17.8 Å². The second-order valence-electron chi connectivity index (χ2n) is 8.60. The normalized spacial score (nSPS) is 18.4. The molecule has 0 atom stereocenters. The van der Waals surface area contributed by atoms with Crippen molar-refractivity contribution in [2.45, 2.75) is 32.9 Å². The predicted octanol–water partition coefficient (Wildman–Crippen LogP) is 3.69. The summed E-state index contributed by atoms with van der Waals surface area (Å²) >= 11 is 0. The fourth-order valence-electron chi connectivity index (χ4n) is 4.17. The third-order valence-electron chi connectivity index (χ3n) is 6.26. The highest BCUT2D eigenvalue weighted by atomic mass is 16.5. The summed E-state index contributed by atoms with van der Waals surface area (Å²) in [5.74, 6) is 0.827. The van der Waals surface area contributed by atoms with Crippen LogP contribution in [0.25, 0.3) is 0 Å². The first-order chi connectivity index (χ1) is 14.7. The second-order valence-corrected chi connectivity index (χ2v) is 8.60. The van der Waals surface area contributed by atoms with Crippen molar-refractivity contribution >= 4 is 11.6 Å². The summed E-state index contributed by atoms with van der Waals surface area (Å²) in [4.78, 5) is 17.4. The van der Waals surface area contributed by atoms with Crippen LogP contribution in [0.4, 0.5) is 5.69 Å². The van der Waals surface area contributed by atoms with Crippen LogP contribution in [0, 0.1) is 5.92 Å². The molecule has 2 saturated heterocycles. The van der Waals surface area contributed by atoms with Crippen LogP contribution in [0.1, 0.15) is 41.3 Å². The van der Waals surface area contributed by atoms with E-state index in [9.17, 15) is 4.79 Å². The maximum absolute atomic E-state index is 12.5. The molecule has 5 nitrogen and oxygen atoms in total. The van der Waals surface area contributed by atoms with Gasteiger partial charge in [-0.3, -0.25) is 9.69 Å². The standard InChI is InChI=1S/C25H33N3O2/c1-20-10-12-27(13-11-20)19-22-2-6-23(7-3-22)25(29)26-18-21-4-8-24(9-5-21)28-14-16-30-17-15-28/h2-9,20H,10-19H2,1H3,(H,26,29). The molecule has 2 fully saturated rings. The number of morpholine rings is 1. The van der Waals surface area contributed by atoms with Crippen molar-refractivity contribution in [2.75, 3.05) is 44.3 Å². The molecule has 1 amide bonds. The molecule has 0 bridgehead atoms. The molecule has 4 rings (SSSR count). The molecule has 2 heterocycles. The lowest BCUT2D eigenvalue weighted by atomic mass is 9.99. The number of likely N-dealkylation sites (tertiary alicyclic amines) is 1. The van der Waals surface area contributed by atoms with Crippen molar-refractivity contribution in [3.05, 3.63) is 65.2 Å². The molecule has 0 saturated carbocycles. The highest BCUT2D eigenvalue weighted by Crippen LogP contribution is 2.19. The number of benzene rings is 2. The van der Waals surface area contributed by atoms with Gasteiger partial charge in [-0.05, 0) is 67.2 Å². The van der Waals surface area contributed by atoms with E-state index in [0.717, 1.165) is 49.9 Å². The van der Waals surface area contributed by atoms with Gasteiger partial charge in [0.1, 0.15) is 0 Å². The molecule has 2 aromatic rings. The zero-order valence-electron chi connectivity index (χ0n) is 18.0. The van der Waals surface area contributed by atoms with Crippen molar-refractivity contribution in [2.24, 2.45) is 5.92 Å². The van der Waals surface area contributed by atoms with E-state index in [1.807, 2.05) is 12.1 Å². The molecule has 0 aliphatic carbocycles. The van der Waals surface area contributed by atoms with Gasteiger partial charge in [-0.2, -0.15) is 0 Å². The topological polar surface area (TPSA) is 44.8 Å². The van der Waals surface area contributed by atoms with Gasteiger partial charge in [0.25, 0.3) is 5.91 Å². The molecule has 5 heteroatoms. The van der Waals surface area contributed by atoms with Crippen LogP contribution in [0.3, 0.4) is 0 Å². The molecule has 2 aromatic carbocycles. The van der Waals surface area contributed by atoms with Crippen LogP contribution in [0.15, 0.2) is 48.5 Å². The number of rotatable bonds is 6. The van der Waals surface area contributed by atoms with Gasteiger partial charge in [0, 0.05) is 37.4 Å². The van der Waals surface area contributed by atoms with E-state index in [1.165, 1.54) is 37.2 Å². The van der Waals surface area contributed by atoms with E-state index in [4.69, 9.17) is 4.74 Å². The number of nitrogens with zero attached hydrogens (tertiary/aromatic N) is 2. The van der Waals surface area contributed by atoms with E-state index in [0.29, 0.717) is 6.54 Å². The van der Waals surface area contributed by atoms with Gasteiger partial charge in [-0.25, -0.2) is 0 Å². The average Bonchev–Trinajstić information content (AvgIpc) is 2.80. The SMILES string of the molecule is CC1CCN(Cc2ccc(C(=O)NCc3ccc(N4CCOCC4)cc3)cc2)CC1. The summed E-state index contributed by atoms with van der Waals surface area (Å²) in [6.45, 7) is 9.64. The Labute approximate surface area is 180 Å². The number of carbonyl (C=O) groups is 1. The first-order valence-corrected chi connectivity index (χ1v) is 11.2. The minimum absolute atomic E-state index is 0.0226. The smallest absolute Gasteiger partial charge is 0.251 e. The maximum atomic E-state index is 12.5. The number of ether oxygens (including phenoxy) is 1. The van der Waals surface area contributed by atoms with E-state index >= 15 is 0 Å². The Hall–Kier alpha value is -2.37. The Morgan fingerprint density at radius 1 is 0.933 bits per heavy atom. The summed E-state index contributed by atoms with van der Waals surface area (Å²) in [5.41, 5.74) is 4.32. The van der Waals surface area contributed by atoms with Crippen molar-refractivity contribution < 1.29 is 9.53 Å². The molecule has 1 N–H and O–H groups in total. The summed E-state index contributed by atoms with van der Waals surface area (Å²) in [5, 5.41) is 3.04. The molecule has 2 aliphatic rings. The number of anilines is 1. The predicted molar refractivity (Wildman–Crippen MR) is 121 cm³/mol. The number of carbonyl (C=O) groups excluding carboxylic acids is 1.